The van der Waals surface area contributed by atoms with Crippen LogP contribution in [0.2, 0.25) is 0 Å². The fourth-order valence-corrected chi connectivity index (χ4v) is 3.74. The molecular formula is C19H26N6O. The molecule has 26 heavy (non-hydrogen) atoms. The molecule has 2 amide bonds. The number of allylic oxidation sites excluding steroid dienone is 1. The summed E-state index contributed by atoms with van der Waals surface area (Å²) >= 11 is 0. The smallest absolute Gasteiger partial charge is 0.317 e. The predicted octanol–water partition coefficient (Wildman–Crippen LogP) is 2.82. The number of aromatic nitrogens is 3. The Labute approximate surface area is 153 Å². The Bertz CT molecular complexity index is 798. The van der Waals surface area contributed by atoms with E-state index in [9.17, 15) is 4.79 Å². The van der Waals surface area contributed by atoms with Crippen molar-refractivity contribution in [1.82, 2.24) is 24.8 Å². The van der Waals surface area contributed by atoms with Crippen molar-refractivity contribution in [2.45, 2.75) is 44.6 Å². The molecule has 2 aromatic heterocycles. The Morgan fingerprint density at radius 3 is 3.15 bits per heavy atom. The summed E-state index contributed by atoms with van der Waals surface area (Å²) in [6.45, 7) is 2.22. The van der Waals surface area contributed by atoms with Gasteiger partial charge in [-0.1, -0.05) is 11.6 Å². The fourth-order valence-electron chi connectivity index (χ4n) is 3.74. The van der Waals surface area contributed by atoms with E-state index in [4.69, 9.17) is 0 Å². The van der Waals surface area contributed by atoms with Gasteiger partial charge in [0.2, 0.25) is 0 Å². The van der Waals surface area contributed by atoms with E-state index in [1.54, 1.807) is 10.7 Å². The normalized spacial score (nSPS) is 20.2. The molecule has 0 saturated carbocycles. The van der Waals surface area contributed by atoms with Gasteiger partial charge in [-0.15, -0.1) is 5.10 Å². The largest absolute Gasteiger partial charge is 0.364 e. The molecule has 7 heteroatoms. The number of rotatable bonds is 5. The summed E-state index contributed by atoms with van der Waals surface area (Å²) in [6.07, 6.45) is 12.8. The Morgan fingerprint density at radius 2 is 2.27 bits per heavy atom. The number of carbonyl (C=O) groups excluding carboxylic acids is 1. The summed E-state index contributed by atoms with van der Waals surface area (Å²) in [5, 5.41) is 11.0. The quantitative estimate of drug-likeness (QED) is 0.810. The lowest BCUT2D eigenvalue weighted by Gasteiger charge is -2.19. The highest BCUT2D eigenvalue weighted by molar-refractivity contribution is 5.74. The van der Waals surface area contributed by atoms with E-state index < -0.39 is 0 Å². The zero-order chi connectivity index (χ0) is 17.8. The van der Waals surface area contributed by atoms with Crippen molar-refractivity contribution < 1.29 is 4.79 Å². The van der Waals surface area contributed by atoms with E-state index in [1.165, 1.54) is 31.3 Å². The first kappa shape index (κ1) is 16.9. The van der Waals surface area contributed by atoms with E-state index in [0.29, 0.717) is 6.54 Å². The van der Waals surface area contributed by atoms with Gasteiger partial charge in [0.05, 0.1) is 0 Å². The van der Waals surface area contributed by atoms with E-state index in [-0.39, 0.29) is 12.1 Å². The molecule has 1 saturated heterocycles. The second-order valence-corrected chi connectivity index (χ2v) is 7.11. The van der Waals surface area contributed by atoms with Crippen LogP contribution in [0.3, 0.4) is 0 Å². The first-order chi connectivity index (χ1) is 12.8. The molecule has 138 valence electrons. The highest BCUT2D eigenvalue weighted by Crippen LogP contribution is 2.19. The van der Waals surface area contributed by atoms with E-state index in [0.717, 1.165) is 37.4 Å². The van der Waals surface area contributed by atoms with Gasteiger partial charge in [0.1, 0.15) is 5.82 Å². The molecule has 0 aromatic carbocycles. The van der Waals surface area contributed by atoms with Crippen LogP contribution in [0, 0.1) is 0 Å². The molecule has 4 rings (SSSR count). The third kappa shape index (κ3) is 3.98. The van der Waals surface area contributed by atoms with Crippen LogP contribution in [0.1, 0.15) is 38.5 Å². The van der Waals surface area contributed by atoms with Gasteiger partial charge in [-0.2, -0.15) is 0 Å². The molecule has 1 unspecified atom stereocenters. The lowest BCUT2D eigenvalue weighted by atomic mass is 9.97. The molecule has 7 nitrogen and oxygen atoms in total. The summed E-state index contributed by atoms with van der Waals surface area (Å²) in [5.74, 6) is 0.812. The minimum Gasteiger partial charge on any atom is -0.364 e. The molecular weight excluding hydrogens is 328 g/mol. The number of fused-ring (bicyclic) bond motifs is 1. The lowest BCUT2D eigenvalue weighted by Crippen LogP contribution is -2.40. The number of urea groups is 1. The van der Waals surface area contributed by atoms with Gasteiger partial charge in [-0.05, 0) is 50.7 Å². The third-order valence-corrected chi connectivity index (χ3v) is 5.19. The number of imidazole rings is 1. The molecule has 1 aliphatic heterocycles. The predicted molar refractivity (Wildman–Crippen MR) is 101 cm³/mol. The van der Waals surface area contributed by atoms with Crippen LogP contribution in [-0.2, 0) is 0 Å². The van der Waals surface area contributed by atoms with Gasteiger partial charge >= 0.3 is 6.03 Å². The summed E-state index contributed by atoms with van der Waals surface area (Å²) in [5.41, 5.74) is 2.33. The topological polar surface area (TPSA) is 74.6 Å². The molecule has 1 atom stereocenters. The van der Waals surface area contributed by atoms with Crippen molar-refractivity contribution in [1.29, 1.82) is 0 Å². The summed E-state index contributed by atoms with van der Waals surface area (Å²) in [7, 11) is 0. The SMILES string of the molecule is O=C(NCCC1=CCCCC1)N1CCC(Nc2ccc3nccn3n2)C1. The number of anilines is 1. The highest BCUT2D eigenvalue weighted by Gasteiger charge is 2.26. The first-order valence-corrected chi connectivity index (χ1v) is 9.55. The van der Waals surface area contributed by atoms with Gasteiger partial charge < -0.3 is 15.5 Å². The van der Waals surface area contributed by atoms with Gasteiger partial charge in [0.15, 0.2) is 5.65 Å². The molecule has 3 heterocycles. The standard InChI is InChI=1S/C19H26N6O/c26-19(21-10-8-15-4-2-1-3-5-15)24-12-9-16(14-24)22-17-6-7-18-20-11-13-25(18)23-17/h4,6-7,11,13,16H,1-3,5,8-10,12,14H2,(H,21,26)(H,22,23). The number of nitrogens with one attached hydrogen (secondary N) is 2. The molecule has 2 N–H and O–H groups in total. The number of nitrogens with zero attached hydrogens (tertiary/aromatic N) is 4. The van der Waals surface area contributed by atoms with E-state index >= 15 is 0 Å². The fraction of sp³-hybridized carbons (Fsp3) is 0.526. The molecule has 0 radical (unpaired) electrons. The number of likely N-dealkylation sites (tertiary alicyclic amines) is 1. The molecule has 2 aliphatic rings. The minimum absolute atomic E-state index is 0.0451. The van der Waals surface area contributed by atoms with Gasteiger partial charge in [0.25, 0.3) is 0 Å². The van der Waals surface area contributed by atoms with Crippen LogP contribution in [0.15, 0.2) is 36.2 Å². The Balaban J connectivity index is 1.23. The van der Waals surface area contributed by atoms with Crippen molar-refractivity contribution in [3.63, 3.8) is 0 Å². The molecule has 2 aromatic rings. The van der Waals surface area contributed by atoms with Crippen LogP contribution in [-0.4, -0.2) is 51.2 Å². The zero-order valence-corrected chi connectivity index (χ0v) is 15.0. The van der Waals surface area contributed by atoms with Crippen LogP contribution >= 0.6 is 0 Å². The second kappa shape index (κ2) is 7.76. The summed E-state index contributed by atoms with van der Waals surface area (Å²) < 4.78 is 1.75. The van der Waals surface area contributed by atoms with Crippen LogP contribution in [0.5, 0.6) is 0 Å². The maximum Gasteiger partial charge on any atom is 0.317 e. The third-order valence-electron chi connectivity index (χ3n) is 5.19. The van der Waals surface area contributed by atoms with Crippen LogP contribution in [0.4, 0.5) is 10.6 Å². The number of amides is 2. The lowest BCUT2D eigenvalue weighted by molar-refractivity contribution is 0.208. The Morgan fingerprint density at radius 1 is 1.31 bits per heavy atom. The van der Waals surface area contributed by atoms with Crippen LogP contribution < -0.4 is 10.6 Å². The van der Waals surface area contributed by atoms with Gasteiger partial charge in [-0.25, -0.2) is 14.3 Å². The summed E-state index contributed by atoms with van der Waals surface area (Å²) in [6, 6.07) is 4.15. The maximum atomic E-state index is 12.4. The zero-order valence-electron chi connectivity index (χ0n) is 15.0. The Hall–Kier alpha value is -2.57. The molecule has 0 spiro atoms. The highest BCUT2D eigenvalue weighted by atomic mass is 16.2. The average molecular weight is 354 g/mol. The number of hydrogen-bond acceptors (Lipinski definition) is 4. The monoisotopic (exact) mass is 354 g/mol. The number of carbonyl (C=O) groups is 1. The maximum absolute atomic E-state index is 12.4. The molecule has 1 fully saturated rings. The van der Waals surface area contributed by atoms with Crippen molar-refractivity contribution in [2.24, 2.45) is 0 Å². The minimum atomic E-state index is 0.0451. The van der Waals surface area contributed by atoms with Gasteiger partial charge in [-0.3, -0.25) is 0 Å². The second-order valence-electron chi connectivity index (χ2n) is 7.11. The van der Waals surface area contributed by atoms with Crippen molar-refractivity contribution in [3.05, 3.63) is 36.2 Å². The summed E-state index contributed by atoms with van der Waals surface area (Å²) in [4.78, 5) is 18.5. The molecule has 1 aliphatic carbocycles. The van der Waals surface area contributed by atoms with Crippen molar-refractivity contribution in [2.75, 3.05) is 25.0 Å². The number of hydrogen-bond donors (Lipinski definition) is 2. The van der Waals surface area contributed by atoms with Crippen molar-refractivity contribution >= 4 is 17.5 Å². The van der Waals surface area contributed by atoms with Crippen molar-refractivity contribution in [3.8, 4) is 0 Å². The van der Waals surface area contributed by atoms with E-state index in [1.807, 2.05) is 23.2 Å². The average Bonchev–Trinajstić information content (AvgIpc) is 3.31. The molecule has 0 bridgehead atoms. The van der Waals surface area contributed by atoms with Gasteiger partial charge in [0, 0.05) is 38.1 Å². The van der Waals surface area contributed by atoms with E-state index in [2.05, 4.69) is 26.8 Å². The van der Waals surface area contributed by atoms with Crippen LogP contribution in [0.25, 0.3) is 5.65 Å². The Kier molecular flexibility index (Phi) is 5.04. The first-order valence-electron chi connectivity index (χ1n) is 9.55.